The van der Waals surface area contributed by atoms with Crippen molar-refractivity contribution >= 4 is 17.5 Å². The summed E-state index contributed by atoms with van der Waals surface area (Å²) in [5, 5.41) is 3.10. The minimum atomic E-state index is -0.157. The lowest BCUT2D eigenvalue weighted by atomic mass is 9.99. The minimum Gasteiger partial charge on any atom is -0.373 e. The van der Waals surface area contributed by atoms with E-state index in [1.807, 2.05) is 29.2 Å². The quantitative estimate of drug-likeness (QED) is 0.815. The first-order valence-electron chi connectivity index (χ1n) is 10.4. The normalized spacial score (nSPS) is 24.6. The van der Waals surface area contributed by atoms with E-state index < -0.39 is 0 Å². The van der Waals surface area contributed by atoms with Crippen molar-refractivity contribution < 1.29 is 14.3 Å². The van der Waals surface area contributed by atoms with Gasteiger partial charge in [-0.15, -0.1) is 0 Å². The van der Waals surface area contributed by atoms with E-state index in [-0.39, 0.29) is 36.0 Å². The summed E-state index contributed by atoms with van der Waals surface area (Å²) in [5.41, 5.74) is 1.98. The van der Waals surface area contributed by atoms with Crippen LogP contribution in [-0.4, -0.2) is 54.6 Å². The molecule has 0 unspecified atom stereocenters. The fraction of sp³-hybridized carbons (Fsp3) is 0.636. The summed E-state index contributed by atoms with van der Waals surface area (Å²) in [6.07, 6.45) is 1.83. The maximum absolute atomic E-state index is 12.9. The zero-order valence-corrected chi connectivity index (χ0v) is 17.5. The molecular formula is C22H33N3O3. The number of nitrogens with zero attached hydrogens (tertiary/aromatic N) is 2. The van der Waals surface area contributed by atoms with Gasteiger partial charge in [0, 0.05) is 38.3 Å². The lowest BCUT2D eigenvalue weighted by Gasteiger charge is -2.41. The van der Waals surface area contributed by atoms with Gasteiger partial charge in [-0.25, -0.2) is 0 Å². The highest BCUT2D eigenvalue weighted by Crippen LogP contribution is 2.22. The van der Waals surface area contributed by atoms with E-state index in [0.29, 0.717) is 13.0 Å². The molecule has 154 valence electrons. The Bertz CT molecular complexity index is 679. The molecule has 0 aliphatic carbocycles. The van der Waals surface area contributed by atoms with E-state index >= 15 is 0 Å². The molecule has 28 heavy (non-hydrogen) atoms. The number of rotatable bonds is 6. The molecule has 3 rings (SSSR count). The summed E-state index contributed by atoms with van der Waals surface area (Å²) in [4.78, 5) is 28.9. The smallest absolute Gasteiger partial charge is 0.237 e. The zero-order valence-electron chi connectivity index (χ0n) is 17.5. The van der Waals surface area contributed by atoms with Gasteiger partial charge >= 0.3 is 0 Å². The molecule has 2 amide bonds. The number of nitrogens with one attached hydrogen (secondary N) is 1. The molecule has 3 atom stereocenters. The second kappa shape index (κ2) is 9.05. The van der Waals surface area contributed by atoms with E-state index in [9.17, 15) is 9.59 Å². The maximum atomic E-state index is 12.9. The lowest BCUT2D eigenvalue weighted by Crippen LogP contribution is -2.56. The van der Waals surface area contributed by atoms with Crippen molar-refractivity contribution in [3.05, 3.63) is 29.8 Å². The average molecular weight is 388 g/mol. The number of hydrogen-bond acceptors (Lipinski definition) is 4. The fourth-order valence-corrected chi connectivity index (χ4v) is 4.34. The van der Waals surface area contributed by atoms with Gasteiger partial charge in [-0.05, 0) is 43.9 Å². The van der Waals surface area contributed by atoms with Gasteiger partial charge in [-0.3, -0.25) is 14.5 Å². The van der Waals surface area contributed by atoms with Gasteiger partial charge in [0.15, 0.2) is 0 Å². The summed E-state index contributed by atoms with van der Waals surface area (Å²) >= 11 is 0. The molecule has 0 bridgehead atoms. The monoisotopic (exact) mass is 387 g/mol. The molecule has 2 aliphatic rings. The predicted molar refractivity (Wildman–Crippen MR) is 110 cm³/mol. The van der Waals surface area contributed by atoms with Crippen molar-refractivity contribution in [1.29, 1.82) is 0 Å². The number of hydrogen-bond donors (Lipinski definition) is 1. The molecule has 2 aliphatic heterocycles. The molecule has 2 fully saturated rings. The molecule has 2 heterocycles. The number of morpholine rings is 1. The van der Waals surface area contributed by atoms with Crippen LogP contribution in [0.1, 0.15) is 46.1 Å². The van der Waals surface area contributed by atoms with Gasteiger partial charge in [0.2, 0.25) is 11.8 Å². The van der Waals surface area contributed by atoms with Gasteiger partial charge in [0.05, 0.1) is 18.2 Å². The predicted octanol–water partition coefficient (Wildman–Crippen LogP) is 2.56. The number of amides is 2. The largest absolute Gasteiger partial charge is 0.373 e. The SMILES string of the molecule is CC(C)[C@H](C(=O)NCc1ccc(N2CCCC2=O)cc1)N1C[C@@H](C)O[C@@H](C)C1. The molecule has 2 saturated heterocycles. The molecule has 0 aromatic heterocycles. The minimum absolute atomic E-state index is 0.0649. The Balaban J connectivity index is 1.59. The molecular weight excluding hydrogens is 354 g/mol. The fourth-order valence-electron chi connectivity index (χ4n) is 4.34. The van der Waals surface area contributed by atoms with Gasteiger partial charge in [-0.1, -0.05) is 26.0 Å². The van der Waals surface area contributed by atoms with Crippen LogP contribution < -0.4 is 10.2 Å². The third-order valence-corrected chi connectivity index (χ3v) is 5.53. The maximum Gasteiger partial charge on any atom is 0.237 e. The van der Waals surface area contributed by atoms with Gasteiger partial charge in [-0.2, -0.15) is 0 Å². The van der Waals surface area contributed by atoms with Crippen LogP contribution in [0.5, 0.6) is 0 Å². The Hall–Kier alpha value is -1.92. The Morgan fingerprint density at radius 3 is 2.36 bits per heavy atom. The standard InChI is InChI=1S/C22H33N3O3/c1-15(2)21(24-13-16(3)28-17(4)14-24)22(27)23-12-18-7-9-19(10-8-18)25-11-5-6-20(25)26/h7-10,15-17,21H,5-6,11-14H2,1-4H3,(H,23,27)/t16-,17+,21-/m1/s1. The highest BCUT2D eigenvalue weighted by atomic mass is 16.5. The van der Waals surface area contributed by atoms with Crippen LogP contribution in [0.15, 0.2) is 24.3 Å². The van der Waals surface area contributed by atoms with Crippen molar-refractivity contribution in [3.8, 4) is 0 Å². The van der Waals surface area contributed by atoms with Crippen LogP contribution in [0.2, 0.25) is 0 Å². The van der Waals surface area contributed by atoms with Crippen LogP contribution in [0.3, 0.4) is 0 Å². The van der Waals surface area contributed by atoms with Crippen molar-refractivity contribution in [3.63, 3.8) is 0 Å². The third-order valence-electron chi connectivity index (χ3n) is 5.53. The molecule has 1 N–H and O–H groups in total. The average Bonchev–Trinajstić information content (AvgIpc) is 3.05. The van der Waals surface area contributed by atoms with Crippen molar-refractivity contribution in [2.75, 3.05) is 24.5 Å². The van der Waals surface area contributed by atoms with E-state index in [0.717, 1.165) is 37.3 Å². The second-order valence-electron chi connectivity index (χ2n) is 8.43. The number of carbonyl (C=O) groups is 2. The summed E-state index contributed by atoms with van der Waals surface area (Å²) in [6.45, 7) is 11.1. The van der Waals surface area contributed by atoms with Crippen molar-refractivity contribution in [1.82, 2.24) is 10.2 Å². The van der Waals surface area contributed by atoms with Crippen molar-refractivity contribution in [2.24, 2.45) is 5.92 Å². The van der Waals surface area contributed by atoms with Crippen LogP contribution in [0, 0.1) is 5.92 Å². The number of anilines is 1. The molecule has 0 saturated carbocycles. The third kappa shape index (κ3) is 4.92. The lowest BCUT2D eigenvalue weighted by molar-refractivity contribution is -0.135. The van der Waals surface area contributed by atoms with Crippen LogP contribution >= 0.6 is 0 Å². The Kier molecular flexibility index (Phi) is 6.73. The van der Waals surface area contributed by atoms with Crippen LogP contribution in [-0.2, 0) is 20.9 Å². The highest BCUT2D eigenvalue weighted by molar-refractivity contribution is 5.95. The molecule has 1 aromatic carbocycles. The number of carbonyl (C=O) groups excluding carboxylic acids is 2. The van der Waals surface area contributed by atoms with Crippen LogP contribution in [0.25, 0.3) is 0 Å². The number of benzene rings is 1. The van der Waals surface area contributed by atoms with E-state index in [2.05, 4.69) is 37.9 Å². The van der Waals surface area contributed by atoms with Crippen LogP contribution in [0.4, 0.5) is 5.69 Å². The molecule has 6 nitrogen and oxygen atoms in total. The van der Waals surface area contributed by atoms with Gasteiger partial charge in [0.25, 0.3) is 0 Å². The first-order valence-corrected chi connectivity index (χ1v) is 10.4. The Morgan fingerprint density at radius 1 is 1.18 bits per heavy atom. The summed E-state index contributed by atoms with van der Waals surface area (Å²) in [7, 11) is 0. The summed E-state index contributed by atoms with van der Waals surface area (Å²) in [6, 6.07) is 7.76. The zero-order chi connectivity index (χ0) is 20.3. The highest BCUT2D eigenvalue weighted by Gasteiger charge is 2.34. The molecule has 0 radical (unpaired) electrons. The van der Waals surface area contributed by atoms with E-state index in [1.54, 1.807) is 0 Å². The Labute approximate surface area is 168 Å². The Morgan fingerprint density at radius 2 is 1.82 bits per heavy atom. The van der Waals surface area contributed by atoms with E-state index in [4.69, 9.17) is 4.74 Å². The first-order chi connectivity index (χ1) is 13.3. The topological polar surface area (TPSA) is 61.9 Å². The van der Waals surface area contributed by atoms with Crippen molar-refractivity contribution in [2.45, 2.75) is 65.3 Å². The van der Waals surface area contributed by atoms with Gasteiger partial charge < -0.3 is 15.0 Å². The molecule has 0 spiro atoms. The number of ether oxygens (including phenoxy) is 1. The second-order valence-corrected chi connectivity index (χ2v) is 8.43. The van der Waals surface area contributed by atoms with Gasteiger partial charge in [0.1, 0.15) is 0 Å². The van der Waals surface area contributed by atoms with E-state index in [1.165, 1.54) is 0 Å². The summed E-state index contributed by atoms with van der Waals surface area (Å²) in [5.74, 6) is 0.478. The summed E-state index contributed by atoms with van der Waals surface area (Å²) < 4.78 is 5.81. The first kappa shape index (κ1) is 20.8. The molecule has 1 aromatic rings. The molecule has 6 heteroatoms.